The van der Waals surface area contributed by atoms with Crippen LogP contribution >= 0.6 is 23.2 Å². The third-order valence-corrected chi connectivity index (χ3v) is 2.16. The quantitative estimate of drug-likeness (QED) is 0.677. The Morgan fingerprint density at radius 1 is 1.15 bits per heavy atom. The summed E-state index contributed by atoms with van der Waals surface area (Å²) in [5.74, 6) is 0. The van der Waals surface area contributed by atoms with Crippen molar-refractivity contribution in [2.24, 2.45) is 0 Å². The highest BCUT2D eigenvalue weighted by atomic mass is 35.5. The van der Waals surface area contributed by atoms with Crippen molar-refractivity contribution in [3.63, 3.8) is 0 Å². The molecule has 0 radical (unpaired) electrons. The van der Waals surface area contributed by atoms with E-state index in [1.807, 2.05) is 0 Å². The van der Waals surface area contributed by atoms with E-state index in [0.29, 0.717) is 0 Å². The number of alkyl halides is 3. The minimum Gasteiger partial charge on any atom is -0.399 e. The van der Waals surface area contributed by atoms with Gasteiger partial charge in [0.15, 0.2) is 0 Å². The average Bonchev–Trinajstić information content (AvgIpc) is 1.94. The summed E-state index contributed by atoms with van der Waals surface area (Å²) >= 11 is 10.8. The second-order valence-electron chi connectivity index (χ2n) is 2.36. The molecule has 13 heavy (non-hydrogen) atoms. The summed E-state index contributed by atoms with van der Waals surface area (Å²) in [6, 6.07) is 1.91. The molecule has 1 nitrogen and oxygen atoms in total. The van der Waals surface area contributed by atoms with Gasteiger partial charge in [0.2, 0.25) is 0 Å². The molecule has 6 heteroatoms. The number of hydrogen-bond donors (Lipinski definition) is 1. The Hall–Kier alpha value is -0.610. The first-order chi connectivity index (χ1) is 5.82. The van der Waals surface area contributed by atoms with Crippen LogP contribution in [-0.4, -0.2) is 0 Å². The molecule has 0 fully saturated rings. The summed E-state index contributed by atoms with van der Waals surface area (Å²) in [6.07, 6.45) is -4.53. The van der Waals surface area contributed by atoms with Gasteiger partial charge in [-0.2, -0.15) is 13.2 Å². The van der Waals surface area contributed by atoms with Gasteiger partial charge in [0.1, 0.15) is 0 Å². The minimum absolute atomic E-state index is 0.0678. The molecule has 72 valence electrons. The molecule has 0 unspecified atom stereocenters. The first-order valence-electron chi connectivity index (χ1n) is 3.14. The van der Waals surface area contributed by atoms with E-state index < -0.39 is 16.8 Å². The highest BCUT2D eigenvalue weighted by Gasteiger charge is 2.34. The SMILES string of the molecule is Nc1cc(Cl)c(Cl)c(C(F)(F)F)c1. The molecule has 1 aromatic rings. The zero-order valence-corrected chi connectivity index (χ0v) is 7.63. The molecular formula is C7H4Cl2F3N. The van der Waals surface area contributed by atoms with Crippen molar-refractivity contribution < 1.29 is 13.2 Å². The van der Waals surface area contributed by atoms with Crippen LogP contribution in [0, 0.1) is 0 Å². The molecule has 0 spiro atoms. The van der Waals surface area contributed by atoms with Crippen molar-refractivity contribution in [3.05, 3.63) is 27.7 Å². The number of rotatable bonds is 0. The fraction of sp³-hybridized carbons (Fsp3) is 0.143. The summed E-state index contributed by atoms with van der Waals surface area (Å²) in [7, 11) is 0. The summed E-state index contributed by atoms with van der Waals surface area (Å²) in [5.41, 5.74) is 4.10. The predicted molar refractivity (Wildman–Crippen MR) is 45.9 cm³/mol. The third-order valence-electron chi connectivity index (χ3n) is 1.36. The maximum Gasteiger partial charge on any atom is 0.417 e. The molecule has 0 aliphatic rings. The van der Waals surface area contributed by atoms with Gasteiger partial charge in [-0.05, 0) is 12.1 Å². The van der Waals surface area contributed by atoms with Crippen LogP contribution in [0.3, 0.4) is 0 Å². The number of hydrogen-bond acceptors (Lipinski definition) is 1. The second kappa shape index (κ2) is 3.27. The van der Waals surface area contributed by atoms with Crippen molar-refractivity contribution in [1.29, 1.82) is 0 Å². The number of anilines is 1. The lowest BCUT2D eigenvalue weighted by Gasteiger charge is -2.10. The molecule has 1 rings (SSSR count). The third kappa shape index (κ3) is 2.19. The molecule has 0 aliphatic heterocycles. The monoisotopic (exact) mass is 229 g/mol. The van der Waals surface area contributed by atoms with Gasteiger partial charge in [0.05, 0.1) is 15.6 Å². The van der Waals surface area contributed by atoms with Gasteiger partial charge in [0.25, 0.3) is 0 Å². The Kier molecular flexibility index (Phi) is 2.63. The van der Waals surface area contributed by atoms with Crippen LogP contribution in [-0.2, 0) is 6.18 Å². The van der Waals surface area contributed by atoms with Gasteiger partial charge < -0.3 is 5.73 Å². The zero-order valence-electron chi connectivity index (χ0n) is 6.12. The number of nitrogens with two attached hydrogens (primary N) is 1. The highest BCUT2D eigenvalue weighted by molar-refractivity contribution is 6.42. The standard InChI is InChI=1S/C7H4Cl2F3N/c8-5-2-3(13)1-4(6(5)9)7(10,11)12/h1-2H,13H2. The smallest absolute Gasteiger partial charge is 0.399 e. The Bertz CT molecular complexity index is 335. The molecule has 0 amide bonds. The molecule has 0 aromatic heterocycles. The first kappa shape index (κ1) is 10.5. The van der Waals surface area contributed by atoms with E-state index in [-0.39, 0.29) is 10.7 Å². The lowest BCUT2D eigenvalue weighted by atomic mass is 10.2. The van der Waals surface area contributed by atoms with Gasteiger partial charge in [-0.25, -0.2) is 0 Å². The van der Waals surface area contributed by atoms with Crippen molar-refractivity contribution in [2.45, 2.75) is 6.18 Å². The molecule has 0 saturated heterocycles. The highest BCUT2D eigenvalue weighted by Crippen LogP contribution is 2.39. The van der Waals surface area contributed by atoms with Crippen LogP contribution in [0.15, 0.2) is 12.1 Å². The number of benzene rings is 1. The van der Waals surface area contributed by atoms with E-state index in [2.05, 4.69) is 0 Å². The van der Waals surface area contributed by atoms with Crippen LogP contribution in [0.1, 0.15) is 5.56 Å². The molecule has 0 aliphatic carbocycles. The van der Waals surface area contributed by atoms with Crippen LogP contribution < -0.4 is 5.73 Å². The largest absolute Gasteiger partial charge is 0.417 e. The van der Waals surface area contributed by atoms with Gasteiger partial charge in [-0.3, -0.25) is 0 Å². The van der Waals surface area contributed by atoms with Gasteiger partial charge >= 0.3 is 6.18 Å². The fourth-order valence-corrected chi connectivity index (χ4v) is 1.26. The molecule has 1 aromatic carbocycles. The normalized spacial score (nSPS) is 11.8. The van der Waals surface area contributed by atoms with Gasteiger partial charge in [0, 0.05) is 5.69 Å². The zero-order chi connectivity index (χ0) is 10.2. The Labute approximate surface area is 82.2 Å². The van der Waals surface area contributed by atoms with Crippen molar-refractivity contribution in [2.75, 3.05) is 5.73 Å². The van der Waals surface area contributed by atoms with Crippen molar-refractivity contribution in [3.8, 4) is 0 Å². The van der Waals surface area contributed by atoms with Gasteiger partial charge in [-0.15, -0.1) is 0 Å². The molecule has 0 saturated carbocycles. The molecular weight excluding hydrogens is 226 g/mol. The maximum absolute atomic E-state index is 12.2. The predicted octanol–water partition coefficient (Wildman–Crippen LogP) is 3.59. The van der Waals surface area contributed by atoms with E-state index in [1.165, 1.54) is 6.07 Å². The van der Waals surface area contributed by atoms with E-state index in [4.69, 9.17) is 28.9 Å². The van der Waals surface area contributed by atoms with Crippen LogP contribution in [0.4, 0.5) is 18.9 Å². The van der Waals surface area contributed by atoms with E-state index in [0.717, 1.165) is 6.07 Å². The van der Waals surface area contributed by atoms with Gasteiger partial charge in [-0.1, -0.05) is 23.2 Å². The lowest BCUT2D eigenvalue weighted by Crippen LogP contribution is -2.06. The molecule has 0 atom stereocenters. The fourth-order valence-electron chi connectivity index (χ4n) is 0.816. The maximum atomic E-state index is 12.2. The summed E-state index contributed by atoms with van der Waals surface area (Å²) in [4.78, 5) is 0. The Balaban J connectivity index is 3.37. The molecule has 2 N–H and O–H groups in total. The lowest BCUT2D eigenvalue weighted by molar-refractivity contribution is -0.137. The topological polar surface area (TPSA) is 26.0 Å². The number of nitrogen functional groups attached to an aromatic ring is 1. The Morgan fingerprint density at radius 3 is 2.15 bits per heavy atom. The molecule has 0 heterocycles. The van der Waals surface area contributed by atoms with Crippen LogP contribution in [0.2, 0.25) is 10.0 Å². The van der Waals surface area contributed by atoms with Crippen molar-refractivity contribution in [1.82, 2.24) is 0 Å². The van der Waals surface area contributed by atoms with E-state index in [9.17, 15) is 13.2 Å². The Morgan fingerprint density at radius 2 is 1.69 bits per heavy atom. The van der Waals surface area contributed by atoms with E-state index >= 15 is 0 Å². The summed E-state index contributed by atoms with van der Waals surface area (Å²) < 4.78 is 36.6. The van der Waals surface area contributed by atoms with Crippen molar-refractivity contribution >= 4 is 28.9 Å². The summed E-state index contributed by atoms with van der Waals surface area (Å²) in [6.45, 7) is 0. The summed E-state index contributed by atoms with van der Waals surface area (Å²) in [5, 5.41) is -0.725. The second-order valence-corrected chi connectivity index (χ2v) is 3.15. The van der Waals surface area contributed by atoms with Crippen LogP contribution in [0.5, 0.6) is 0 Å². The number of halogens is 5. The first-order valence-corrected chi connectivity index (χ1v) is 3.89. The molecule has 0 bridgehead atoms. The average molecular weight is 230 g/mol. The minimum atomic E-state index is -4.53. The van der Waals surface area contributed by atoms with Crippen LogP contribution in [0.25, 0.3) is 0 Å². The van der Waals surface area contributed by atoms with E-state index in [1.54, 1.807) is 0 Å².